The third-order valence-electron chi connectivity index (χ3n) is 5.43. The Morgan fingerprint density at radius 2 is 1.58 bits per heavy atom. The van der Waals surface area contributed by atoms with Crippen LogP contribution in [0.5, 0.6) is 5.75 Å². The van der Waals surface area contributed by atoms with Gasteiger partial charge in [-0.3, -0.25) is 0 Å². The van der Waals surface area contributed by atoms with Crippen molar-refractivity contribution in [3.05, 3.63) is 24.3 Å². The van der Waals surface area contributed by atoms with E-state index in [1.807, 2.05) is 24.3 Å². The van der Waals surface area contributed by atoms with E-state index in [0.717, 1.165) is 17.8 Å². The highest BCUT2D eigenvalue weighted by Gasteiger charge is 2.51. The molecule has 2 rings (SSSR count). The van der Waals surface area contributed by atoms with E-state index in [-0.39, 0.29) is 18.3 Å². The van der Waals surface area contributed by atoms with Crippen molar-refractivity contribution in [3.63, 3.8) is 0 Å². The van der Waals surface area contributed by atoms with Crippen LogP contribution in [0.1, 0.15) is 67.2 Å². The number of hydrogen-bond donors (Lipinski definition) is 0. The van der Waals surface area contributed by atoms with Crippen LogP contribution < -0.4 is 10.2 Å². The molecule has 0 N–H and O–H groups in total. The maximum Gasteiger partial charge on any atom is 0.494 e. The van der Waals surface area contributed by atoms with Gasteiger partial charge in [0, 0.05) is 0 Å². The summed E-state index contributed by atoms with van der Waals surface area (Å²) in [6, 6.07) is 8.13. The van der Waals surface area contributed by atoms with Gasteiger partial charge in [-0.25, -0.2) is 0 Å². The molecule has 1 fully saturated rings. The van der Waals surface area contributed by atoms with Gasteiger partial charge in [0.2, 0.25) is 0 Å². The van der Waals surface area contributed by atoms with Crippen molar-refractivity contribution in [2.24, 2.45) is 5.92 Å². The largest absolute Gasteiger partial charge is 0.494 e. The number of unbranched alkanes of at least 4 members (excludes halogenated alkanes) is 1. The molecule has 0 saturated carbocycles. The van der Waals surface area contributed by atoms with Crippen molar-refractivity contribution in [1.29, 1.82) is 0 Å². The van der Waals surface area contributed by atoms with E-state index in [1.54, 1.807) is 0 Å². The van der Waals surface area contributed by atoms with Crippen molar-refractivity contribution in [2.45, 2.75) is 78.4 Å². The molecular weight excluding hydrogens is 299 g/mol. The SMILES string of the molecule is CCCC[C@H](CC)COc1ccc(B2OC(C)(C)C(C)(C)O2)cc1. The third-order valence-corrected chi connectivity index (χ3v) is 5.43. The van der Waals surface area contributed by atoms with Crippen molar-refractivity contribution in [1.82, 2.24) is 0 Å². The Kier molecular flexibility index (Phi) is 6.38. The summed E-state index contributed by atoms with van der Waals surface area (Å²) in [6.45, 7) is 13.6. The van der Waals surface area contributed by atoms with Crippen molar-refractivity contribution in [2.75, 3.05) is 6.61 Å². The first kappa shape index (κ1) is 19.3. The van der Waals surface area contributed by atoms with E-state index in [2.05, 4.69) is 41.5 Å². The molecule has 1 aliphatic heterocycles. The first-order valence-corrected chi connectivity index (χ1v) is 9.37. The van der Waals surface area contributed by atoms with Gasteiger partial charge in [-0.15, -0.1) is 0 Å². The normalized spacial score (nSPS) is 20.2. The molecule has 0 spiro atoms. The van der Waals surface area contributed by atoms with Gasteiger partial charge in [-0.05, 0) is 57.6 Å². The number of rotatable bonds is 8. The van der Waals surface area contributed by atoms with Gasteiger partial charge >= 0.3 is 7.12 Å². The molecule has 1 aromatic carbocycles. The average molecular weight is 332 g/mol. The lowest BCUT2D eigenvalue weighted by Gasteiger charge is -2.32. The molecule has 1 heterocycles. The standard InChI is InChI=1S/C20H33BO3/c1-7-9-10-16(8-2)15-22-18-13-11-17(12-14-18)21-23-19(3,4)20(5,6)24-21/h11-14,16H,7-10,15H2,1-6H3/t16-/m0/s1. The predicted molar refractivity (Wildman–Crippen MR) is 101 cm³/mol. The molecule has 0 amide bonds. The van der Waals surface area contributed by atoms with Gasteiger partial charge in [0.1, 0.15) is 5.75 Å². The second kappa shape index (κ2) is 7.92. The van der Waals surface area contributed by atoms with Crippen LogP contribution in [0.2, 0.25) is 0 Å². The Hall–Kier alpha value is -0.995. The summed E-state index contributed by atoms with van der Waals surface area (Å²) >= 11 is 0. The second-order valence-corrected chi connectivity index (χ2v) is 7.88. The Morgan fingerprint density at radius 3 is 2.08 bits per heavy atom. The Bertz CT molecular complexity index is 494. The molecule has 0 radical (unpaired) electrons. The first-order chi connectivity index (χ1) is 11.3. The highest BCUT2D eigenvalue weighted by Crippen LogP contribution is 2.36. The molecule has 1 aromatic rings. The summed E-state index contributed by atoms with van der Waals surface area (Å²) in [4.78, 5) is 0. The lowest BCUT2D eigenvalue weighted by Crippen LogP contribution is -2.41. The van der Waals surface area contributed by atoms with E-state index >= 15 is 0 Å². The second-order valence-electron chi connectivity index (χ2n) is 7.88. The topological polar surface area (TPSA) is 27.7 Å². The quantitative estimate of drug-likeness (QED) is 0.652. The van der Waals surface area contributed by atoms with Crippen molar-refractivity contribution in [3.8, 4) is 5.75 Å². The van der Waals surface area contributed by atoms with E-state index in [4.69, 9.17) is 14.0 Å². The van der Waals surface area contributed by atoms with Crippen LogP contribution in [0.4, 0.5) is 0 Å². The molecule has 1 saturated heterocycles. The van der Waals surface area contributed by atoms with Crippen LogP contribution in [0.3, 0.4) is 0 Å². The maximum absolute atomic E-state index is 6.09. The van der Waals surface area contributed by atoms with E-state index in [9.17, 15) is 0 Å². The number of hydrogen-bond acceptors (Lipinski definition) is 3. The molecule has 0 unspecified atom stereocenters. The zero-order valence-corrected chi connectivity index (χ0v) is 16.2. The van der Waals surface area contributed by atoms with Gasteiger partial charge in [0.05, 0.1) is 17.8 Å². The zero-order chi connectivity index (χ0) is 17.8. The summed E-state index contributed by atoms with van der Waals surface area (Å²) in [6.07, 6.45) is 4.95. The van der Waals surface area contributed by atoms with Gasteiger partial charge in [-0.2, -0.15) is 0 Å². The fraction of sp³-hybridized carbons (Fsp3) is 0.700. The highest BCUT2D eigenvalue weighted by atomic mass is 16.7. The zero-order valence-electron chi connectivity index (χ0n) is 16.2. The minimum atomic E-state index is -0.308. The summed E-state index contributed by atoms with van der Waals surface area (Å²) < 4.78 is 18.1. The molecule has 24 heavy (non-hydrogen) atoms. The summed E-state index contributed by atoms with van der Waals surface area (Å²) in [7, 11) is -0.308. The molecule has 0 aliphatic carbocycles. The Labute approximate surface area is 148 Å². The molecule has 1 aliphatic rings. The van der Waals surface area contributed by atoms with Crippen LogP contribution in [0.25, 0.3) is 0 Å². The molecule has 0 bridgehead atoms. The first-order valence-electron chi connectivity index (χ1n) is 9.37. The molecule has 4 heteroatoms. The van der Waals surface area contributed by atoms with E-state index < -0.39 is 0 Å². The highest BCUT2D eigenvalue weighted by molar-refractivity contribution is 6.62. The Balaban J connectivity index is 1.92. The summed E-state index contributed by atoms with van der Waals surface area (Å²) in [5.74, 6) is 1.57. The molecular formula is C20H33BO3. The predicted octanol–water partition coefficient (Wildman–Crippen LogP) is 4.58. The van der Waals surface area contributed by atoms with Gasteiger partial charge in [0.25, 0.3) is 0 Å². The molecule has 134 valence electrons. The van der Waals surface area contributed by atoms with Gasteiger partial charge in [0.15, 0.2) is 0 Å². The number of ether oxygens (including phenoxy) is 1. The fourth-order valence-electron chi connectivity index (χ4n) is 2.81. The van der Waals surface area contributed by atoms with Crippen molar-refractivity contribution >= 4 is 12.6 Å². The monoisotopic (exact) mass is 332 g/mol. The molecule has 0 aromatic heterocycles. The van der Waals surface area contributed by atoms with E-state index in [0.29, 0.717) is 5.92 Å². The van der Waals surface area contributed by atoms with Crippen LogP contribution in [0, 0.1) is 5.92 Å². The lowest BCUT2D eigenvalue weighted by atomic mass is 9.79. The minimum Gasteiger partial charge on any atom is -0.493 e. The van der Waals surface area contributed by atoms with Crippen molar-refractivity contribution < 1.29 is 14.0 Å². The third kappa shape index (κ3) is 4.55. The number of benzene rings is 1. The maximum atomic E-state index is 6.09. The van der Waals surface area contributed by atoms with Crippen LogP contribution in [0.15, 0.2) is 24.3 Å². The fourth-order valence-corrected chi connectivity index (χ4v) is 2.81. The van der Waals surface area contributed by atoms with Gasteiger partial charge in [-0.1, -0.05) is 45.2 Å². The van der Waals surface area contributed by atoms with Crippen LogP contribution >= 0.6 is 0 Å². The van der Waals surface area contributed by atoms with Gasteiger partial charge < -0.3 is 14.0 Å². The Morgan fingerprint density at radius 1 is 1.00 bits per heavy atom. The lowest BCUT2D eigenvalue weighted by molar-refractivity contribution is 0.00578. The molecule has 3 nitrogen and oxygen atoms in total. The summed E-state index contributed by atoms with van der Waals surface area (Å²) in [5, 5.41) is 0. The van der Waals surface area contributed by atoms with Crippen LogP contribution in [-0.2, 0) is 9.31 Å². The minimum absolute atomic E-state index is 0.305. The summed E-state index contributed by atoms with van der Waals surface area (Å²) in [5.41, 5.74) is 0.431. The average Bonchev–Trinajstić information content (AvgIpc) is 2.76. The smallest absolute Gasteiger partial charge is 0.493 e. The van der Waals surface area contributed by atoms with E-state index in [1.165, 1.54) is 25.7 Å². The molecule has 1 atom stereocenters. The van der Waals surface area contributed by atoms with Crippen LogP contribution in [-0.4, -0.2) is 24.9 Å².